The van der Waals surface area contributed by atoms with E-state index in [2.05, 4.69) is 15.9 Å². The van der Waals surface area contributed by atoms with Crippen LogP contribution in [0.1, 0.15) is 23.1 Å². The SMILES string of the molecule is NCC(c1cccc(Br)c1)C(O)c1cccc(F)c1Cl. The van der Waals surface area contributed by atoms with Crippen LogP contribution in [-0.4, -0.2) is 11.7 Å². The molecule has 0 bridgehead atoms. The molecule has 3 N–H and O–H groups in total. The highest BCUT2D eigenvalue weighted by Crippen LogP contribution is 2.35. The Morgan fingerprint density at radius 2 is 1.95 bits per heavy atom. The number of hydrogen-bond donors (Lipinski definition) is 2. The third-order valence-corrected chi connectivity index (χ3v) is 4.10. The lowest BCUT2D eigenvalue weighted by molar-refractivity contribution is 0.147. The molecule has 5 heteroatoms. The minimum Gasteiger partial charge on any atom is -0.388 e. The molecule has 0 fully saturated rings. The van der Waals surface area contributed by atoms with E-state index in [9.17, 15) is 9.50 Å². The lowest BCUT2D eigenvalue weighted by Crippen LogP contribution is -2.20. The maximum absolute atomic E-state index is 13.5. The van der Waals surface area contributed by atoms with Gasteiger partial charge in [-0.25, -0.2) is 4.39 Å². The molecule has 0 aliphatic rings. The van der Waals surface area contributed by atoms with Crippen molar-refractivity contribution in [1.82, 2.24) is 0 Å². The van der Waals surface area contributed by atoms with Crippen molar-refractivity contribution in [3.8, 4) is 0 Å². The van der Waals surface area contributed by atoms with E-state index >= 15 is 0 Å². The van der Waals surface area contributed by atoms with E-state index in [1.807, 2.05) is 24.3 Å². The van der Waals surface area contributed by atoms with Crippen molar-refractivity contribution in [2.45, 2.75) is 12.0 Å². The summed E-state index contributed by atoms with van der Waals surface area (Å²) in [6.07, 6.45) is -0.961. The lowest BCUT2D eigenvalue weighted by atomic mass is 9.89. The average molecular weight is 359 g/mol. The van der Waals surface area contributed by atoms with Gasteiger partial charge in [-0.1, -0.05) is 51.8 Å². The molecule has 0 aliphatic heterocycles. The number of benzene rings is 2. The smallest absolute Gasteiger partial charge is 0.142 e. The zero-order valence-corrected chi connectivity index (χ0v) is 12.9. The van der Waals surface area contributed by atoms with Crippen LogP contribution in [-0.2, 0) is 0 Å². The fourth-order valence-corrected chi connectivity index (χ4v) is 2.80. The van der Waals surface area contributed by atoms with Gasteiger partial charge in [0.15, 0.2) is 0 Å². The number of nitrogens with two attached hydrogens (primary N) is 1. The van der Waals surface area contributed by atoms with Gasteiger partial charge in [-0.3, -0.25) is 0 Å². The summed E-state index contributed by atoms with van der Waals surface area (Å²) in [6, 6.07) is 11.9. The first-order valence-corrected chi connectivity index (χ1v) is 7.29. The van der Waals surface area contributed by atoms with Crippen LogP contribution in [0.2, 0.25) is 5.02 Å². The van der Waals surface area contributed by atoms with E-state index in [1.165, 1.54) is 12.1 Å². The van der Waals surface area contributed by atoms with Crippen LogP contribution in [0.15, 0.2) is 46.9 Å². The van der Waals surface area contributed by atoms with Crippen LogP contribution in [0, 0.1) is 5.82 Å². The Balaban J connectivity index is 2.39. The van der Waals surface area contributed by atoms with Gasteiger partial charge in [0.05, 0.1) is 11.1 Å². The molecule has 2 atom stereocenters. The van der Waals surface area contributed by atoms with E-state index in [1.54, 1.807) is 6.07 Å². The first-order chi connectivity index (χ1) is 9.54. The zero-order chi connectivity index (χ0) is 14.7. The Labute approximate surface area is 130 Å². The Bertz CT molecular complexity index is 608. The third-order valence-electron chi connectivity index (χ3n) is 3.21. The normalized spacial score (nSPS) is 14.1. The summed E-state index contributed by atoms with van der Waals surface area (Å²) in [6.45, 7) is 0.227. The van der Waals surface area contributed by atoms with Crippen LogP contribution < -0.4 is 5.73 Å². The van der Waals surface area contributed by atoms with Crippen LogP contribution in [0.25, 0.3) is 0 Å². The number of hydrogen-bond acceptors (Lipinski definition) is 2. The quantitative estimate of drug-likeness (QED) is 0.867. The van der Waals surface area contributed by atoms with Crippen LogP contribution >= 0.6 is 27.5 Å². The van der Waals surface area contributed by atoms with Gasteiger partial charge in [0.2, 0.25) is 0 Å². The molecule has 2 nitrogen and oxygen atoms in total. The van der Waals surface area contributed by atoms with Gasteiger partial charge in [-0.2, -0.15) is 0 Å². The van der Waals surface area contributed by atoms with Crippen molar-refractivity contribution in [2.75, 3.05) is 6.54 Å². The van der Waals surface area contributed by atoms with Crippen LogP contribution in [0.3, 0.4) is 0 Å². The van der Waals surface area contributed by atoms with E-state index in [0.29, 0.717) is 5.56 Å². The minimum atomic E-state index is -0.961. The summed E-state index contributed by atoms with van der Waals surface area (Å²) in [5.74, 6) is -0.903. The topological polar surface area (TPSA) is 46.2 Å². The molecule has 0 aromatic heterocycles. The monoisotopic (exact) mass is 357 g/mol. The molecule has 2 rings (SSSR count). The van der Waals surface area contributed by atoms with Crippen molar-refractivity contribution in [2.24, 2.45) is 5.73 Å². The molecule has 2 aromatic carbocycles. The largest absolute Gasteiger partial charge is 0.388 e. The van der Waals surface area contributed by atoms with Crippen molar-refractivity contribution < 1.29 is 9.50 Å². The molecule has 0 amide bonds. The predicted molar refractivity (Wildman–Crippen MR) is 82.3 cm³/mol. The van der Waals surface area contributed by atoms with Gasteiger partial charge in [0.25, 0.3) is 0 Å². The fourth-order valence-electron chi connectivity index (χ4n) is 2.15. The van der Waals surface area contributed by atoms with Gasteiger partial charge in [0, 0.05) is 22.5 Å². The molecule has 0 heterocycles. The summed E-state index contributed by atoms with van der Waals surface area (Å²) in [5.41, 5.74) is 6.99. The predicted octanol–water partition coefficient (Wildman–Crippen LogP) is 4.02. The Hall–Kier alpha value is -0.940. The van der Waals surface area contributed by atoms with Gasteiger partial charge >= 0.3 is 0 Å². The molecule has 0 aliphatic carbocycles. The highest BCUT2D eigenvalue weighted by atomic mass is 79.9. The second-order valence-electron chi connectivity index (χ2n) is 4.49. The highest BCUT2D eigenvalue weighted by molar-refractivity contribution is 9.10. The summed E-state index contributed by atoms with van der Waals surface area (Å²) in [4.78, 5) is 0. The second-order valence-corrected chi connectivity index (χ2v) is 5.78. The molecule has 20 heavy (non-hydrogen) atoms. The van der Waals surface area contributed by atoms with Gasteiger partial charge < -0.3 is 10.8 Å². The Morgan fingerprint density at radius 1 is 1.25 bits per heavy atom. The molecule has 0 saturated carbocycles. The summed E-state index contributed by atoms with van der Waals surface area (Å²) in [5, 5.41) is 10.4. The first kappa shape index (κ1) is 15.4. The van der Waals surface area contributed by atoms with Crippen LogP contribution in [0.5, 0.6) is 0 Å². The summed E-state index contributed by atoms with van der Waals surface area (Å²) in [7, 11) is 0. The van der Waals surface area contributed by atoms with Crippen molar-refractivity contribution in [3.05, 3.63) is 68.9 Å². The zero-order valence-electron chi connectivity index (χ0n) is 10.6. The van der Waals surface area contributed by atoms with E-state index in [-0.39, 0.29) is 17.5 Å². The number of aliphatic hydroxyl groups is 1. The molecule has 2 unspecified atom stereocenters. The van der Waals surface area contributed by atoms with Crippen molar-refractivity contribution in [1.29, 1.82) is 0 Å². The molecule has 0 radical (unpaired) electrons. The average Bonchev–Trinajstić information content (AvgIpc) is 2.42. The standard InChI is InChI=1S/C15H14BrClFNO/c16-10-4-1-3-9(7-10)12(8-19)15(20)11-5-2-6-13(18)14(11)17/h1-7,12,15,20H,8,19H2. The Kier molecular flexibility index (Phi) is 5.16. The van der Waals surface area contributed by atoms with Gasteiger partial charge in [0.1, 0.15) is 5.82 Å². The van der Waals surface area contributed by atoms with Crippen molar-refractivity contribution >= 4 is 27.5 Å². The molecule has 2 aromatic rings. The first-order valence-electron chi connectivity index (χ1n) is 6.12. The number of halogens is 3. The fraction of sp³-hybridized carbons (Fsp3) is 0.200. The third kappa shape index (κ3) is 3.20. The maximum Gasteiger partial charge on any atom is 0.142 e. The molecule has 0 saturated heterocycles. The lowest BCUT2D eigenvalue weighted by Gasteiger charge is -2.23. The number of rotatable bonds is 4. The van der Waals surface area contributed by atoms with Gasteiger partial charge in [-0.15, -0.1) is 0 Å². The minimum absolute atomic E-state index is 0.0616. The van der Waals surface area contributed by atoms with E-state index in [0.717, 1.165) is 10.0 Å². The summed E-state index contributed by atoms with van der Waals surface area (Å²) < 4.78 is 14.4. The molecule has 0 spiro atoms. The van der Waals surface area contributed by atoms with Crippen molar-refractivity contribution in [3.63, 3.8) is 0 Å². The van der Waals surface area contributed by atoms with E-state index < -0.39 is 11.9 Å². The van der Waals surface area contributed by atoms with Gasteiger partial charge in [-0.05, 0) is 23.8 Å². The Morgan fingerprint density at radius 3 is 2.60 bits per heavy atom. The molecular formula is C15H14BrClFNO. The summed E-state index contributed by atoms with van der Waals surface area (Å²) >= 11 is 9.31. The van der Waals surface area contributed by atoms with E-state index in [4.69, 9.17) is 17.3 Å². The highest BCUT2D eigenvalue weighted by Gasteiger charge is 2.24. The molecular weight excluding hydrogens is 345 g/mol. The maximum atomic E-state index is 13.5. The second kappa shape index (κ2) is 6.68. The number of aliphatic hydroxyl groups excluding tert-OH is 1. The van der Waals surface area contributed by atoms with Crippen LogP contribution in [0.4, 0.5) is 4.39 Å². The molecule has 106 valence electrons.